The molecule has 8 nitrogen and oxygen atoms in total. The Labute approximate surface area is 128 Å². The van der Waals surface area contributed by atoms with E-state index in [9.17, 15) is 4.79 Å². The molecule has 2 atom stereocenters. The monoisotopic (exact) mass is 302 g/mol. The summed E-state index contributed by atoms with van der Waals surface area (Å²) in [7, 11) is 0. The van der Waals surface area contributed by atoms with Gasteiger partial charge in [-0.15, -0.1) is 5.10 Å². The molecule has 2 amide bonds. The Hall–Kier alpha value is -2.48. The number of nitrogens with zero attached hydrogens (tertiary/aromatic N) is 5. The highest BCUT2D eigenvalue weighted by atomic mass is 16.5. The van der Waals surface area contributed by atoms with E-state index in [0.29, 0.717) is 13.1 Å². The molecule has 1 saturated heterocycles. The summed E-state index contributed by atoms with van der Waals surface area (Å²) >= 11 is 0. The number of nitrogens with one attached hydrogen (secondary N) is 1. The van der Waals surface area contributed by atoms with Crippen molar-refractivity contribution in [3.8, 4) is 5.69 Å². The van der Waals surface area contributed by atoms with Crippen LogP contribution >= 0.6 is 0 Å². The molecule has 0 radical (unpaired) electrons. The van der Waals surface area contributed by atoms with E-state index < -0.39 is 0 Å². The van der Waals surface area contributed by atoms with Crippen LogP contribution in [-0.2, 0) is 4.74 Å². The molecule has 1 aliphatic rings. The average molecular weight is 302 g/mol. The average Bonchev–Trinajstić information content (AvgIpc) is 3.01. The third-order valence-electron chi connectivity index (χ3n) is 3.44. The fourth-order valence-corrected chi connectivity index (χ4v) is 2.52. The van der Waals surface area contributed by atoms with Gasteiger partial charge in [-0.1, -0.05) is 0 Å². The highest BCUT2D eigenvalue weighted by molar-refractivity contribution is 5.89. The Balaban J connectivity index is 1.64. The molecule has 1 aromatic heterocycles. The van der Waals surface area contributed by atoms with Crippen LogP contribution in [0.4, 0.5) is 10.5 Å². The van der Waals surface area contributed by atoms with Gasteiger partial charge in [0, 0.05) is 18.8 Å². The molecule has 3 rings (SSSR count). The lowest BCUT2D eigenvalue weighted by Crippen LogP contribution is -2.49. The molecular formula is C14H18N6O2. The van der Waals surface area contributed by atoms with Gasteiger partial charge in [0.2, 0.25) is 0 Å². The van der Waals surface area contributed by atoms with E-state index in [1.807, 2.05) is 38.1 Å². The topological polar surface area (TPSA) is 85.2 Å². The molecule has 2 heterocycles. The predicted octanol–water partition coefficient (Wildman–Crippen LogP) is 1.30. The maximum absolute atomic E-state index is 12.3. The number of benzene rings is 1. The summed E-state index contributed by atoms with van der Waals surface area (Å²) in [5.41, 5.74) is 1.56. The molecule has 1 aromatic carbocycles. The highest BCUT2D eigenvalue weighted by Gasteiger charge is 2.25. The van der Waals surface area contributed by atoms with Crippen LogP contribution in [-0.4, -0.2) is 56.4 Å². The number of hydrogen-bond acceptors (Lipinski definition) is 5. The van der Waals surface area contributed by atoms with Gasteiger partial charge in [0.25, 0.3) is 0 Å². The zero-order valence-corrected chi connectivity index (χ0v) is 12.5. The van der Waals surface area contributed by atoms with E-state index in [4.69, 9.17) is 4.74 Å². The molecule has 0 aliphatic carbocycles. The zero-order chi connectivity index (χ0) is 15.5. The molecule has 1 fully saturated rings. The minimum Gasteiger partial charge on any atom is -0.372 e. The molecule has 1 aliphatic heterocycles. The fourth-order valence-electron chi connectivity index (χ4n) is 2.52. The van der Waals surface area contributed by atoms with Crippen LogP contribution in [0.15, 0.2) is 30.6 Å². The zero-order valence-electron chi connectivity index (χ0n) is 12.5. The summed E-state index contributed by atoms with van der Waals surface area (Å²) in [6.45, 7) is 5.13. The number of aromatic nitrogens is 4. The van der Waals surface area contributed by atoms with Crippen LogP contribution in [0.5, 0.6) is 0 Å². The van der Waals surface area contributed by atoms with Gasteiger partial charge in [0.15, 0.2) is 0 Å². The van der Waals surface area contributed by atoms with Crippen LogP contribution < -0.4 is 5.32 Å². The van der Waals surface area contributed by atoms with E-state index in [-0.39, 0.29) is 18.2 Å². The number of ether oxygens (including phenoxy) is 1. The molecule has 0 spiro atoms. The number of carbonyl (C=O) groups is 1. The van der Waals surface area contributed by atoms with Gasteiger partial charge in [0.1, 0.15) is 6.33 Å². The number of urea groups is 1. The maximum Gasteiger partial charge on any atom is 0.322 e. The molecular weight excluding hydrogens is 284 g/mol. The van der Waals surface area contributed by atoms with E-state index in [1.54, 1.807) is 9.58 Å². The fraction of sp³-hybridized carbons (Fsp3) is 0.429. The lowest BCUT2D eigenvalue weighted by atomic mass is 10.2. The lowest BCUT2D eigenvalue weighted by Gasteiger charge is -2.35. The van der Waals surface area contributed by atoms with Gasteiger partial charge in [-0.3, -0.25) is 0 Å². The molecule has 1 N–H and O–H groups in total. The maximum atomic E-state index is 12.3. The smallest absolute Gasteiger partial charge is 0.322 e. The first-order valence-electron chi connectivity index (χ1n) is 7.16. The van der Waals surface area contributed by atoms with Gasteiger partial charge in [-0.25, -0.2) is 9.48 Å². The second kappa shape index (κ2) is 6.10. The van der Waals surface area contributed by atoms with Crippen molar-refractivity contribution in [2.24, 2.45) is 0 Å². The summed E-state index contributed by atoms with van der Waals surface area (Å²) in [5, 5.41) is 13.9. The van der Waals surface area contributed by atoms with Crippen molar-refractivity contribution in [1.82, 2.24) is 25.1 Å². The minimum absolute atomic E-state index is 0.0525. The van der Waals surface area contributed by atoms with Gasteiger partial charge < -0.3 is 15.0 Å². The number of amides is 2. The van der Waals surface area contributed by atoms with Gasteiger partial charge in [-0.2, -0.15) is 0 Å². The van der Waals surface area contributed by atoms with Crippen molar-refractivity contribution in [3.63, 3.8) is 0 Å². The van der Waals surface area contributed by atoms with Gasteiger partial charge in [-0.05, 0) is 48.5 Å². The normalized spacial score (nSPS) is 21.6. The minimum atomic E-state index is -0.114. The Bertz CT molecular complexity index is 617. The second-order valence-corrected chi connectivity index (χ2v) is 5.39. The predicted molar refractivity (Wildman–Crippen MR) is 79.8 cm³/mol. The Morgan fingerprint density at radius 2 is 1.91 bits per heavy atom. The first-order valence-corrected chi connectivity index (χ1v) is 7.16. The molecule has 22 heavy (non-hydrogen) atoms. The largest absolute Gasteiger partial charge is 0.372 e. The van der Waals surface area contributed by atoms with E-state index in [1.165, 1.54) is 6.33 Å². The molecule has 116 valence electrons. The van der Waals surface area contributed by atoms with Crippen molar-refractivity contribution >= 4 is 11.7 Å². The summed E-state index contributed by atoms with van der Waals surface area (Å²) in [5.74, 6) is 0. The Morgan fingerprint density at radius 3 is 2.50 bits per heavy atom. The van der Waals surface area contributed by atoms with Gasteiger partial charge >= 0.3 is 6.03 Å². The van der Waals surface area contributed by atoms with E-state index in [0.717, 1.165) is 11.4 Å². The highest BCUT2D eigenvalue weighted by Crippen LogP contribution is 2.15. The van der Waals surface area contributed by atoms with Crippen LogP contribution in [0, 0.1) is 0 Å². The van der Waals surface area contributed by atoms with Gasteiger partial charge in [0.05, 0.1) is 17.9 Å². The van der Waals surface area contributed by atoms with Crippen molar-refractivity contribution in [2.75, 3.05) is 18.4 Å². The van der Waals surface area contributed by atoms with Crippen molar-refractivity contribution < 1.29 is 9.53 Å². The van der Waals surface area contributed by atoms with Crippen LogP contribution in [0.2, 0.25) is 0 Å². The summed E-state index contributed by atoms with van der Waals surface area (Å²) < 4.78 is 7.18. The van der Waals surface area contributed by atoms with Crippen molar-refractivity contribution in [1.29, 1.82) is 0 Å². The molecule has 8 heteroatoms. The molecule has 0 saturated carbocycles. The van der Waals surface area contributed by atoms with Crippen molar-refractivity contribution in [2.45, 2.75) is 26.1 Å². The SMILES string of the molecule is CC1CN(C(=O)Nc2ccc(-n3cnnn3)cc2)CC(C)O1. The summed E-state index contributed by atoms with van der Waals surface area (Å²) in [6.07, 6.45) is 1.62. The number of hydrogen-bond donors (Lipinski definition) is 1. The number of tetrazole rings is 1. The first kappa shape index (κ1) is 14.5. The van der Waals surface area contributed by atoms with E-state index in [2.05, 4.69) is 20.8 Å². The number of anilines is 1. The Kier molecular flexibility index (Phi) is 4.01. The van der Waals surface area contributed by atoms with Crippen LogP contribution in [0.1, 0.15) is 13.8 Å². The number of rotatable bonds is 2. The first-order chi connectivity index (χ1) is 10.6. The molecule has 2 aromatic rings. The molecule has 2 unspecified atom stereocenters. The lowest BCUT2D eigenvalue weighted by molar-refractivity contribution is -0.0530. The summed E-state index contributed by atoms with van der Waals surface area (Å²) in [4.78, 5) is 14.1. The Morgan fingerprint density at radius 1 is 1.23 bits per heavy atom. The van der Waals surface area contributed by atoms with Crippen LogP contribution in [0.25, 0.3) is 5.69 Å². The third kappa shape index (κ3) is 3.22. The quantitative estimate of drug-likeness (QED) is 0.904. The van der Waals surface area contributed by atoms with Crippen molar-refractivity contribution in [3.05, 3.63) is 30.6 Å². The van der Waals surface area contributed by atoms with Crippen LogP contribution in [0.3, 0.4) is 0 Å². The number of carbonyl (C=O) groups excluding carboxylic acids is 1. The third-order valence-corrected chi connectivity index (χ3v) is 3.44. The van der Waals surface area contributed by atoms with E-state index >= 15 is 0 Å². The second-order valence-electron chi connectivity index (χ2n) is 5.39. The molecule has 0 bridgehead atoms. The standard InChI is InChI=1S/C14H18N6O2/c1-10-7-19(8-11(2)22-10)14(21)16-12-3-5-13(6-4-12)20-9-15-17-18-20/h3-6,9-11H,7-8H2,1-2H3,(H,16,21). The summed E-state index contributed by atoms with van der Waals surface area (Å²) in [6, 6.07) is 7.22. The number of morpholine rings is 1.